The van der Waals surface area contributed by atoms with E-state index in [0.717, 1.165) is 11.8 Å². The van der Waals surface area contributed by atoms with Crippen LogP contribution in [0.4, 0.5) is 0 Å². The highest BCUT2D eigenvalue weighted by Crippen LogP contribution is 2.25. The van der Waals surface area contributed by atoms with Crippen molar-refractivity contribution >= 4 is 0 Å². The third-order valence-electron chi connectivity index (χ3n) is 4.74. The molecular weight excluding hydrogens is 234 g/mol. The van der Waals surface area contributed by atoms with Gasteiger partial charge in [0.2, 0.25) is 0 Å². The summed E-state index contributed by atoms with van der Waals surface area (Å²) in [5.41, 5.74) is 0. The van der Waals surface area contributed by atoms with Gasteiger partial charge in [0.15, 0.2) is 0 Å². The molecule has 19 heavy (non-hydrogen) atoms. The fourth-order valence-electron chi connectivity index (χ4n) is 3.17. The molecule has 112 valence electrons. The molecule has 0 aromatic heterocycles. The van der Waals surface area contributed by atoms with Crippen LogP contribution in [-0.2, 0) is 0 Å². The number of rotatable bonds is 9. The molecule has 1 aliphatic carbocycles. The molecule has 1 saturated heterocycles. The van der Waals surface area contributed by atoms with E-state index in [2.05, 4.69) is 29.4 Å². The molecule has 2 aliphatic rings. The van der Waals surface area contributed by atoms with E-state index in [1.165, 1.54) is 71.4 Å². The zero-order valence-electron chi connectivity index (χ0n) is 13.0. The van der Waals surface area contributed by atoms with Crippen LogP contribution in [0.2, 0.25) is 0 Å². The lowest BCUT2D eigenvalue weighted by molar-refractivity contribution is 0.281. The molecule has 2 fully saturated rings. The maximum Gasteiger partial charge on any atom is 0.0107 e. The molecule has 2 N–H and O–H groups in total. The molecule has 1 unspecified atom stereocenters. The maximum absolute atomic E-state index is 3.63. The Labute approximate surface area is 119 Å². The van der Waals surface area contributed by atoms with Crippen LogP contribution in [0.3, 0.4) is 0 Å². The number of likely N-dealkylation sites (tertiary alicyclic amines) is 1. The van der Waals surface area contributed by atoms with Crippen molar-refractivity contribution in [3.63, 3.8) is 0 Å². The van der Waals surface area contributed by atoms with E-state index in [9.17, 15) is 0 Å². The first kappa shape index (κ1) is 15.3. The van der Waals surface area contributed by atoms with Crippen LogP contribution in [0.5, 0.6) is 0 Å². The topological polar surface area (TPSA) is 27.3 Å². The summed E-state index contributed by atoms with van der Waals surface area (Å²) in [5.74, 6) is 1.92. The molecule has 0 aromatic rings. The van der Waals surface area contributed by atoms with Crippen LogP contribution in [0.1, 0.15) is 46.0 Å². The highest BCUT2D eigenvalue weighted by molar-refractivity contribution is 4.77. The molecule has 2 rings (SSSR count). The SMILES string of the molecule is CC(C)NCCC1CCN(CCNCC2CCC2)C1. The summed E-state index contributed by atoms with van der Waals surface area (Å²) in [5, 5.41) is 7.17. The van der Waals surface area contributed by atoms with Gasteiger partial charge in [-0.25, -0.2) is 0 Å². The monoisotopic (exact) mass is 267 g/mol. The minimum absolute atomic E-state index is 0.633. The largest absolute Gasteiger partial charge is 0.315 e. The first-order valence-corrected chi connectivity index (χ1v) is 8.40. The van der Waals surface area contributed by atoms with Crippen molar-refractivity contribution in [3.05, 3.63) is 0 Å². The Morgan fingerprint density at radius 1 is 1.11 bits per heavy atom. The first-order valence-electron chi connectivity index (χ1n) is 8.40. The van der Waals surface area contributed by atoms with Crippen molar-refractivity contribution in [1.29, 1.82) is 0 Å². The smallest absolute Gasteiger partial charge is 0.0107 e. The Morgan fingerprint density at radius 2 is 1.95 bits per heavy atom. The molecule has 1 atom stereocenters. The lowest BCUT2D eigenvalue weighted by atomic mass is 9.85. The zero-order valence-corrected chi connectivity index (χ0v) is 13.0. The van der Waals surface area contributed by atoms with E-state index < -0.39 is 0 Å². The van der Waals surface area contributed by atoms with Gasteiger partial charge < -0.3 is 15.5 Å². The lowest BCUT2D eigenvalue weighted by Crippen LogP contribution is -2.34. The number of hydrogen-bond donors (Lipinski definition) is 2. The molecule has 3 nitrogen and oxygen atoms in total. The van der Waals surface area contributed by atoms with Crippen molar-refractivity contribution < 1.29 is 0 Å². The molecule has 0 aromatic carbocycles. The van der Waals surface area contributed by atoms with Gasteiger partial charge in [-0.15, -0.1) is 0 Å². The zero-order chi connectivity index (χ0) is 13.5. The second-order valence-corrected chi connectivity index (χ2v) is 6.85. The van der Waals surface area contributed by atoms with Crippen LogP contribution < -0.4 is 10.6 Å². The maximum atomic E-state index is 3.63. The van der Waals surface area contributed by atoms with E-state index in [1.807, 2.05) is 0 Å². The quantitative estimate of drug-likeness (QED) is 0.626. The van der Waals surface area contributed by atoms with Crippen molar-refractivity contribution in [2.45, 2.75) is 52.0 Å². The third-order valence-corrected chi connectivity index (χ3v) is 4.74. The Morgan fingerprint density at radius 3 is 2.63 bits per heavy atom. The number of nitrogens with zero attached hydrogens (tertiary/aromatic N) is 1. The highest BCUT2D eigenvalue weighted by Gasteiger charge is 2.22. The van der Waals surface area contributed by atoms with Crippen LogP contribution in [0.15, 0.2) is 0 Å². The second kappa shape index (κ2) is 8.23. The van der Waals surface area contributed by atoms with E-state index in [-0.39, 0.29) is 0 Å². The Balaban J connectivity index is 1.45. The summed E-state index contributed by atoms with van der Waals surface area (Å²) in [6.45, 7) is 12.0. The van der Waals surface area contributed by atoms with Crippen molar-refractivity contribution in [2.24, 2.45) is 11.8 Å². The van der Waals surface area contributed by atoms with Gasteiger partial charge in [-0.05, 0) is 57.2 Å². The Bertz CT molecular complexity index is 238. The molecule has 1 heterocycles. The van der Waals surface area contributed by atoms with Crippen molar-refractivity contribution in [2.75, 3.05) is 39.3 Å². The minimum atomic E-state index is 0.633. The molecular formula is C16H33N3. The van der Waals surface area contributed by atoms with E-state index in [0.29, 0.717) is 6.04 Å². The van der Waals surface area contributed by atoms with Crippen LogP contribution >= 0.6 is 0 Å². The minimum Gasteiger partial charge on any atom is -0.315 e. The van der Waals surface area contributed by atoms with Gasteiger partial charge in [-0.2, -0.15) is 0 Å². The molecule has 1 saturated carbocycles. The second-order valence-electron chi connectivity index (χ2n) is 6.85. The number of nitrogens with one attached hydrogen (secondary N) is 2. The normalized spacial score (nSPS) is 25.1. The van der Waals surface area contributed by atoms with Crippen LogP contribution in [0.25, 0.3) is 0 Å². The van der Waals surface area contributed by atoms with Gasteiger partial charge in [0.05, 0.1) is 0 Å². The van der Waals surface area contributed by atoms with E-state index in [1.54, 1.807) is 0 Å². The Hall–Kier alpha value is -0.120. The van der Waals surface area contributed by atoms with Crippen molar-refractivity contribution in [3.8, 4) is 0 Å². The predicted molar refractivity (Wildman–Crippen MR) is 82.5 cm³/mol. The number of hydrogen-bond acceptors (Lipinski definition) is 3. The lowest BCUT2D eigenvalue weighted by Gasteiger charge is -2.26. The van der Waals surface area contributed by atoms with Crippen LogP contribution in [-0.4, -0.2) is 50.2 Å². The summed E-state index contributed by atoms with van der Waals surface area (Å²) in [4.78, 5) is 2.65. The van der Waals surface area contributed by atoms with Gasteiger partial charge in [0.1, 0.15) is 0 Å². The third kappa shape index (κ3) is 5.80. The van der Waals surface area contributed by atoms with Gasteiger partial charge >= 0.3 is 0 Å². The summed E-state index contributed by atoms with van der Waals surface area (Å²) in [7, 11) is 0. The standard InChI is InChI=1S/C16H33N3/c1-14(2)18-8-6-16-7-10-19(13-16)11-9-17-12-15-4-3-5-15/h14-18H,3-13H2,1-2H3. The summed E-state index contributed by atoms with van der Waals surface area (Å²) >= 11 is 0. The molecule has 0 radical (unpaired) electrons. The molecule has 0 spiro atoms. The highest BCUT2D eigenvalue weighted by atomic mass is 15.2. The average molecular weight is 267 g/mol. The van der Waals surface area contributed by atoms with Crippen molar-refractivity contribution in [1.82, 2.24) is 15.5 Å². The molecule has 1 aliphatic heterocycles. The predicted octanol–water partition coefficient (Wildman–Crippen LogP) is 2.09. The van der Waals surface area contributed by atoms with Gasteiger partial charge in [0, 0.05) is 25.7 Å². The first-order chi connectivity index (χ1) is 9.24. The van der Waals surface area contributed by atoms with E-state index in [4.69, 9.17) is 0 Å². The summed E-state index contributed by atoms with van der Waals surface area (Å²) in [6.07, 6.45) is 7.14. The average Bonchev–Trinajstić information content (AvgIpc) is 2.74. The van der Waals surface area contributed by atoms with Crippen LogP contribution in [0, 0.1) is 11.8 Å². The van der Waals surface area contributed by atoms with E-state index >= 15 is 0 Å². The summed E-state index contributed by atoms with van der Waals surface area (Å²) in [6, 6.07) is 0.633. The molecule has 3 heteroatoms. The summed E-state index contributed by atoms with van der Waals surface area (Å²) < 4.78 is 0. The Kier molecular flexibility index (Phi) is 6.62. The van der Waals surface area contributed by atoms with Gasteiger partial charge in [0.25, 0.3) is 0 Å². The fraction of sp³-hybridized carbons (Fsp3) is 1.00. The fourth-order valence-corrected chi connectivity index (χ4v) is 3.17. The van der Waals surface area contributed by atoms with Gasteiger partial charge in [-0.1, -0.05) is 20.3 Å². The van der Waals surface area contributed by atoms with Gasteiger partial charge in [-0.3, -0.25) is 0 Å². The molecule has 0 amide bonds. The molecule has 0 bridgehead atoms.